The van der Waals surface area contributed by atoms with E-state index in [1.54, 1.807) is 14.2 Å². The Labute approximate surface area is 168 Å². The molecule has 7 nitrogen and oxygen atoms in total. The van der Waals surface area contributed by atoms with Crippen molar-refractivity contribution in [1.82, 2.24) is 14.8 Å². The summed E-state index contributed by atoms with van der Waals surface area (Å²) in [5, 5.41) is 11.2. The van der Waals surface area contributed by atoms with Crippen LogP contribution in [0.2, 0.25) is 0 Å². The van der Waals surface area contributed by atoms with Crippen LogP contribution in [0.25, 0.3) is 22.0 Å². The van der Waals surface area contributed by atoms with Crippen LogP contribution in [-0.2, 0) is 18.4 Å². The van der Waals surface area contributed by atoms with Gasteiger partial charge in [-0.3, -0.25) is 9.89 Å². The number of rotatable bonds is 6. The fraction of sp³-hybridized carbons (Fsp3) is 0.182. The Morgan fingerprint density at radius 3 is 2.62 bits per heavy atom. The molecule has 0 saturated heterocycles. The van der Waals surface area contributed by atoms with Crippen molar-refractivity contribution in [2.45, 2.75) is 6.61 Å². The van der Waals surface area contributed by atoms with E-state index in [0.29, 0.717) is 18.0 Å². The summed E-state index contributed by atoms with van der Waals surface area (Å²) in [5.74, 6) is 0.999. The first-order chi connectivity index (χ1) is 14.1. The molecule has 0 radical (unpaired) electrons. The summed E-state index contributed by atoms with van der Waals surface area (Å²) >= 11 is 0. The molecule has 29 heavy (non-hydrogen) atoms. The van der Waals surface area contributed by atoms with Crippen LogP contribution in [0.5, 0.6) is 5.75 Å². The lowest BCUT2D eigenvalue weighted by molar-refractivity contribution is 0.102. The molecule has 0 bridgehead atoms. The van der Waals surface area contributed by atoms with E-state index < -0.39 is 0 Å². The summed E-state index contributed by atoms with van der Waals surface area (Å²) in [6.07, 6.45) is 1.83. The summed E-state index contributed by atoms with van der Waals surface area (Å²) in [4.78, 5) is 13.1. The van der Waals surface area contributed by atoms with Crippen LogP contribution in [0.1, 0.15) is 16.1 Å². The Hall–Kier alpha value is -3.58. The highest BCUT2D eigenvalue weighted by Gasteiger charge is 2.20. The van der Waals surface area contributed by atoms with Crippen molar-refractivity contribution in [3.8, 4) is 16.9 Å². The number of aromatic amines is 1. The second kappa shape index (κ2) is 7.81. The number of H-pyrrole nitrogens is 1. The average Bonchev–Trinajstić information content (AvgIpc) is 3.29. The van der Waals surface area contributed by atoms with Crippen molar-refractivity contribution in [2.24, 2.45) is 7.05 Å². The Kier molecular flexibility index (Phi) is 5.05. The van der Waals surface area contributed by atoms with Crippen molar-refractivity contribution in [1.29, 1.82) is 0 Å². The van der Waals surface area contributed by atoms with Crippen LogP contribution in [0.4, 0.5) is 5.82 Å². The predicted octanol–water partition coefficient (Wildman–Crippen LogP) is 3.98. The third-order valence-electron chi connectivity index (χ3n) is 4.88. The number of benzene rings is 2. The van der Waals surface area contributed by atoms with Crippen molar-refractivity contribution < 1.29 is 14.3 Å². The predicted molar refractivity (Wildman–Crippen MR) is 112 cm³/mol. The van der Waals surface area contributed by atoms with Gasteiger partial charge >= 0.3 is 0 Å². The molecule has 1 amide bonds. The third-order valence-corrected chi connectivity index (χ3v) is 4.88. The first-order valence-corrected chi connectivity index (χ1v) is 9.18. The van der Waals surface area contributed by atoms with E-state index in [2.05, 4.69) is 15.5 Å². The van der Waals surface area contributed by atoms with E-state index in [-0.39, 0.29) is 5.91 Å². The number of fused-ring (bicyclic) bond motifs is 1. The van der Waals surface area contributed by atoms with Crippen molar-refractivity contribution in [3.63, 3.8) is 0 Å². The van der Waals surface area contributed by atoms with Crippen molar-refractivity contribution >= 4 is 22.6 Å². The van der Waals surface area contributed by atoms with Crippen LogP contribution in [-0.4, -0.2) is 34.9 Å². The van der Waals surface area contributed by atoms with Crippen LogP contribution >= 0.6 is 0 Å². The number of para-hydroxylation sites is 1. The molecule has 2 aromatic carbocycles. The SMILES string of the molecule is COCc1[nH]nc(NC(=O)c2cn(C)c3ccccc23)c1-c1ccc(OC)cc1. The number of nitrogens with one attached hydrogen (secondary N) is 2. The minimum Gasteiger partial charge on any atom is -0.497 e. The van der Waals surface area contributed by atoms with Crippen molar-refractivity contribution in [3.05, 3.63) is 66.0 Å². The molecule has 2 N–H and O–H groups in total. The Morgan fingerprint density at radius 2 is 1.90 bits per heavy atom. The summed E-state index contributed by atoms with van der Waals surface area (Å²) in [5.41, 5.74) is 4.07. The fourth-order valence-electron chi connectivity index (χ4n) is 3.48. The molecule has 2 heterocycles. The van der Waals surface area contributed by atoms with Gasteiger partial charge in [-0.25, -0.2) is 0 Å². The van der Waals surface area contributed by atoms with Gasteiger partial charge in [0.05, 0.1) is 25.0 Å². The topological polar surface area (TPSA) is 81.2 Å². The van der Waals surface area contributed by atoms with E-state index in [9.17, 15) is 4.79 Å². The zero-order chi connectivity index (χ0) is 20.4. The van der Waals surface area contributed by atoms with E-state index in [1.807, 2.05) is 66.3 Å². The largest absolute Gasteiger partial charge is 0.497 e. The number of aromatic nitrogens is 3. The summed E-state index contributed by atoms with van der Waals surface area (Å²) in [6, 6.07) is 15.4. The van der Waals surface area contributed by atoms with Gasteiger partial charge in [-0.05, 0) is 23.8 Å². The molecule has 0 aliphatic carbocycles. The second-order valence-electron chi connectivity index (χ2n) is 6.71. The highest BCUT2D eigenvalue weighted by molar-refractivity contribution is 6.13. The molecule has 7 heteroatoms. The van der Waals surface area contributed by atoms with E-state index in [1.165, 1.54) is 0 Å². The molecule has 4 aromatic rings. The van der Waals surface area contributed by atoms with Gasteiger partial charge in [0.15, 0.2) is 5.82 Å². The highest BCUT2D eigenvalue weighted by Crippen LogP contribution is 2.32. The van der Waals surface area contributed by atoms with Gasteiger partial charge in [0.25, 0.3) is 5.91 Å². The summed E-state index contributed by atoms with van der Waals surface area (Å²) < 4.78 is 12.5. The first kappa shape index (κ1) is 18.8. The number of nitrogens with zero attached hydrogens (tertiary/aromatic N) is 2. The van der Waals surface area contributed by atoms with Gasteiger partial charge < -0.3 is 19.4 Å². The van der Waals surface area contributed by atoms with Gasteiger partial charge in [0.2, 0.25) is 0 Å². The molecule has 2 aromatic heterocycles. The van der Waals surface area contributed by atoms with Crippen LogP contribution in [0, 0.1) is 0 Å². The van der Waals surface area contributed by atoms with Crippen LogP contribution in [0.3, 0.4) is 0 Å². The molecule has 0 spiro atoms. The maximum Gasteiger partial charge on any atom is 0.259 e. The van der Waals surface area contributed by atoms with Gasteiger partial charge in [-0.15, -0.1) is 0 Å². The zero-order valence-corrected chi connectivity index (χ0v) is 16.5. The molecule has 4 rings (SSSR count). The number of hydrogen-bond donors (Lipinski definition) is 2. The lowest BCUT2D eigenvalue weighted by Crippen LogP contribution is -2.12. The van der Waals surface area contributed by atoms with E-state index >= 15 is 0 Å². The van der Waals surface area contributed by atoms with Gasteiger partial charge in [-0.2, -0.15) is 5.10 Å². The first-order valence-electron chi connectivity index (χ1n) is 9.18. The molecular weight excluding hydrogens is 368 g/mol. The van der Waals surface area contributed by atoms with Gasteiger partial charge in [0, 0.05) is 36.8 Å². The molecule has 0 fully saturated rings. The molecule has 0 aliphatic heterocycles. The third kappa shape index (κ3) is 3.48. The number of anilines is 1. The molecule has 148 valence electrons. The molecule has 0 saturated carbocycles. The zero-order valence-electron chi connectivity index (χ0n) is 16.5. The molecular formula is C22H22N4O3. The Balaban J connectivity index is 1.72. The number of ether oxygens (including phenoxy) is 2. The summed E-state index contributed by atoms with van der Waals surface area (Å²) in [6.45, 7) is 0.346. The number of methoxy groups -OCH3 is 2. The minimum absolute atomic E-state index is 0.216. The van der Waals surface area contributed by atoms with Crippen LogP contribution in [0.15, 0.2) is 54.7 Å². The smallest absolute Gasteiger partial charge is 0.259 e. The number of carbonyl (C=O) groups is 1. The minimum atomic E-state index is -0.216. The number of amides is 1. The quantitative estimate of drug-likeness (QED) is 0.522. The maximum absolute atomic E-state index is 13.1. The highest BCUT2D eigenvalue weighted by atomic mass is 16.5. The number of hydrogen-bond acceptors (Lipinski definition) is 4. The maximum atomic E-state index is 13.1. The fourth-order valence-corrected chi connectivity index (χ4v) is 3.48. The lowest BCUT2D eigenvalue weighted by Gasteiger charge is -2.08. The number of aryl methyl sites for hydroxylation is 1. The Bertz CT molecular complexity index is 1160. The monoisotopic (exact) mass is 390 g/mol. The van der Waals surface area contributed by atoms with Crippen LogP contribution < -0.4 is 10.1 Å². The van der Waals surface area contributed by atoms with Crippen molar-refractivity contribution in [2.75, 3.05) is 19.5 Å². The molecule has 0 atom stereocenters. The average molecular weight is 390 g/mol. The van der Waals surface area contributed by atoms with Gasteiger partial charge in [-0.1, -0.05) is 30.3 Å². The van der Waals surface area contributed by atoms with E-state index in [4.69, 9.17) is 9.47 Å². The normalized spacial score (nSPS) is 11.0. The summed E-state index contributed by atoms with van der Waals surface area (Å²) in [7, 11) is 5.17. The molecule has 0 aliphatic rings. The second-order valence-corrected chi connectivity index (χ2v) is 6.71. The van der Waals surface area contributed by atoms with Gasteiger partial charge in [0.1, 0.15) is 5.75 Å². The Morgan fingerprint density at radius 1 is 1.14 bits per heavy atom. The molecule has 0 unspecified atom stereocenters. The lowest BCUT2D eigenvalue weighted by atomic mass is 10.0. The van der Waals surface area contributed by atoms with E-state index in [0.717, 1.165) is 33.5 Å². The standard InChI is InChI=1S/C22H22N4O3/c1-26-12-17(16-6-4-5-7-19(16)26)22(27)23-21-20(18(13-28-2)24-25-21)14-8-10-15(29-3)11-9-14/h4-12H,13H2,1-3H3,(H2,23,24,25,27). The number of carbonyl (C=O) groups excluding carboxylic acids is 1.